The first-order chi connectivity index (χ1) is 8.87. The van der Waals surface area contributed by atoms with E-state index in [0.29, 0.717) is 22.9 Å². The van der Waals surface area contributed by atoms with Crippen molar-refractivity contribution in [1.29, 1.82) is 0 Å². The summed E-state index contributed by atoms with van der Waals surface area (Å²) >= 11 is 0. The second-order valence-corrected chi connectivity index (χ2v) is 6.70. The fraction of sp³-hybridized carbons (Fsp3) is 0.625. The first-order valence-corrected chi connectivity index (χ1v) is 7.15. The number of nitrogens with zero attached hydrogens (tertiary/aromatic N) is 1. The Labute approximate surface area is 116 Å². The number of nitrogens with two attached hydrogens (primary N) is 1. The van der Waals surface area contributed by atoms with Gasteiger partial charge < -0.3 is 10.8 Å². The largest absolute Gasteiger partial charge is 0.508 e. The first kappa shape index (κ1) is 14.2. The van der Waals surface area contributed by atoms with E-state index < -0.39 is 0 Å². The summed E-state index contributed by atoms with van der Waals surface area (Å²) in [6.45, 7) is 5.47. The number of rotatable bonds is 3. The van der Waals surface area contributed by atoms with Gasteiger partial charge in [0.25, 0.3) is 0 Å². The Morgan fingerprint density at radius 3 is 2.58 bits per heavy atom. The predicted octanol–water partition coefficient (Wildman–Crippen LogP) is 3.38. The van der Waals surface area contributed by atoms with Crippen molar-refractivity contribution in [2.24, 2.45) is 5.41 Å². The zero-order valence-electron chi connectivity index (χ0n) is 12.3. The smallest absolute Gasteiger partial charge is 0.120 e. The van der Waals surface area contributed by atoms with E-state index >= 15 is 0 Å². The molecule has 0 radical (unpaired) electrons. The molecule has 1 aliphatic rings. The van der Waals surface area contributed by atoms with Crippen molar-refractivity contribution in [1.82, 2.24) is 4.90 Å². The average molecular weight is 262 g/mol. The number of hydrogen-bond donors (Lipinski definition) is 2. The maximum absolute atomic E-state index is 9.88. The molecule has 1 aromatic rings. The van der Waals surface area contributed by atoms with Crippen LogP contribution in [0.25, 0.3) is 0 Å². The minimum atomic E-state index is 0.345. The highest BCUT2D eigenvalue weighted by molar-refractivity contribution is 5.47. The van der Waals surface area contributed by atoms with Crippen molar-refractivity contribution in [3.63, 3.8) is 0 Å². The van der Waals surface area contributed by atoms with Crippen LogP contribution in [0.4, 0.5) is 5.69 Å². The van der Waals surface area contributed by atoms with Crippen molar-refractivity contribution in [3.05, 3.63) is 23.8 Å². The maximum Gasteiger partial charge on any atom is 0.120 e. The molecule has 2 rings (SSSR count). The summed E-state index contributed by atoms with van der Waals surface area (Å²) in [5.41, 5.74) is 7.92. The summed E-state index contributed by atoms with van der Waals surface area (Å²) in [4.78, 5) is 2.35. The Morgan fingerprint density at radius 2 is 1.95 bits per heavy atom. The molecule has 3 heteroatoms. The van der Waals surface area contributed by atoms with Crippen LogP contribution in [0.15, 0.2) is 18.2 Å². The zero-order chi connectivity index (χ0) is 14.0. The molecule has 0 unspecified atom stereocenters. The Bertz CT molecular complexity index is 432. The Balaban J connectivity index is 1.98. The van der Waals surface area contributed by atoms with E-state index in [9.17, 15) is 5.11 Å². The van der Waals surface area contributed by atoms with Crippen molar-refractivity contribution < 1.29 is 5.11 Å². The fourth-order valence-electron chi connectivity index (χ4n) is 2.95. The second-order valence-electron chi connectivity index (χ2n) is 6.70. The number of hydrogen-bond acceptors (Lipinski definition) is 3. The molecule has 0 heterocycles. The molecule has 1 aromatic carbocycles. The third-order valence-electron chi connectivity index (χ3n) is 4.46. The minimum absolute atomic E-state index is 0.345. The molecule has 0 saturated heterocycles. The van der Waals surface area contributed by atoms with Crippen LogP contribution in [0.5, 0.6) is 5.75 Å². The van der Waals surface area contributed by atoms with Crippen LogP contribution in [0, 0.1) is 5.41 Å². The predicted molar refractivity (Wildman–Crippen MR) is 80.0 cm³/mol. The van der Waals surface area contributed by atoms with Crippen LogP contribution >= 0.6 is 0 Å². The van der Waals surface area contributed by atoms with Gasteiger partial charge in [0.05, 0.1) is 0 Å². The Hall–Kier alpha value is -1.22. The molecule has 3 N–H and O–H groups in total. The van der Waals surface area contributed by atoms with Crippen LogP contribution in [0.2, 0.25) is 0 Å². The molecule has 1 fully saturated rings. The van der Waals surface area contributed by atoms with E-state index in [0.717, 1.165) is 12.1 Å². The lowest BCUT2D eigenvalue weighted by molar-refractivity contribution is 0.122. The zero-order valence-corrected chi connectivity index (χ0v) is 12.3. The molecule has 106 valence electrons. The Kier molecular flexibility index (Phi) is 4.04. The van der Waals surface area contributed by atoms with Crippen LogP contribution in [-0.2, 0) is 6.54 Å². The van der Waals surface area contributed by atoms with Crippen molar-refractivity contribution in [2.75, 3.05) is 12.8 Å². The molecule has 0 spiro atoms. The number of anilines is 1. The van der Waals surface area contributed by atoms with Gasteiger partial charge in [0.1, 0.15) is 5.75 Å². The highest BCUT2D eigenvalue weighted by Crippen LogP contribution is 2.37. The minimum Gasteiger partial charge on any atom is -0.508 e. The molecule has 1 saturated carbocycles. The van der Waals surface area contributed by atoms with Crippen LogP contribution < -0.4 is 5.73 Å². The number of nitrogen functional groups attached to an aromatic ring is 1. The highest BCUT2D eigenvalue weighted by Gasteiger charge is 2.28. The summed E-state index contributed by atoms with van der Waals surface area (Å²) in [6.07, 6.45) is 5.05. The summed E-state index contributed by atoms with van der Waals surface area (Å²) in [5.74, 6) is 0.345. The molecule has 0 atom stereocenters. The molecule has 1 aliphatic carbocycles. The summed E-state index contributed by atoms with van der Waals surface area (Å²) in [5, 5.41) is 9.88. The normalized spacial score (nSPS) is 19.8. The van der Waals surface area contributed by atoms with Gasteiger partial charge in [0.15, 0.2) is 0 Å². The third kappa shape index (κ3) is 3.63. The van der Waals surface area contributed by atoms with E-state index in [1.54, 1.807) is 12.1 Å². The molecular weight excluding hydrogens is 236 g/mol. The highest BCUT2D eigenvalue weighted by atomic mass is 16.3. The monoisotopic (exact) mass is 262 g/mol. The van der Waals surface area contributed by atoms with Gasteiger partial charge >= 0.3 is 0 Å². The number of phenols is 1. The molecule has 0 bridgehead atoms. The van der Waals surface area contributed by atoms with Gasteiger partial charge in [-0.25, -0.2) is 0 Å². The maximum atomic E-state index is 9.88. The SMILES string of the molecule is CN(Cc1cc(N)ccc1O)C1CCC(C)(C)CC1. The second kappa shape index (κ2) is 5.41. The lowest BCUT2D eigenvalue weighted by Crippen LogP contribution is -2.36. The van der Waals surface area contributed by atoms with Gasteiger partial charge in [-0.15, -0.1) is 0 Å². The average Bonchev–Trinajstić information content (AvgIpc) is 2.33. The number of benzene rings is 1. The van der Waals surface area contributed by atoms with Gasteiger partial charge in [-0.1, -0.05) is 13.8 Å². The van der Waals surface area contributed by atoms with Crippen molar-refractivity contribution in [2.45, 2.75) is 52.1 Å². The van der Waals surface area contributed by atoms with Crippen LogP contribution in [0.3, 0.4) is 0 Å². The summed E-state index contributed by atoms with van der Waals surface area (Å²) in [6, 6.07) is 5.91. The Morgan fingerprint density at radius 1 is 1.32 bits per heavy atom. The quantitative estimate of drug-likeness (QED) is 0.648. The lowest BCUT2D eigenvalue weighted by Gasteiger charge is -2.38. The van der Waals surface area contributed by atoms with Gasteiger partial charge in [0, 0.05) is 23.8 Å². The van der Waals surface area contributed by atoms with Crippen molar-refractivity contribution >= 4 is 5.69 Å². The third-order valence-corrected chi connectivity index (χ3v) is 4.46. The lowest BCUT2D eigenvalue weighted by atomic mass is 9.75. The van der Waals surface area contributed by atoms with Gasteiger partial charge in [0.2, 0.25) is 0 Å². The van der Waals surface area contributed by atoms with E-state index in [4.69, 9.17) is 5.73 Å². The van der Waals surface area contributed by atoms with Gasteiger partial charge in [-0.3, -0.25) is 4.90 Å². The standard InChI is InChI=1S/C16H26N2O/c1-16(2)8-6-14(7-9-16)18(3)11-12-10-13(17)4-5-15(12)19/h4-5,10,14,19H,6-9,11,17H2,1-3H3. The molecule has 0 aromatic heterocycles. The molecular formula is C16H26N2O. The van der Waals surface area contributed by atoms with Crippen LogP contribution in [-0.4, -0.2) is 23.1 Å². The number of phenolic OH excluding ortho intramolecular Hbond substituents is 1. The molecule has 19 heavy (non-hydrogen) atoms. The van der Waals surface area contributed by atoms with E-state index in [1.807, 2.05) is 6.07 Å². The molecule has 0 amide bonds. The van der Waals surface area contributed by atoms with Crippen molar-refractivity contribution in [3.8, 4) is 5.75 Å². The molecule has 3 nitrogen and oxygen atoms in total. The number of aromatic hydroxyl groups is 1. The first-order valence-electron chi connectivity index (χ1n) is 7.15. The van der Waals surface area contributed by atoms with Gasteiger partial charge in [-0.2, -0.15) is 0 Å². The van der Waals surface area contributed by atoms with E-state index in [2.05, 4.69) is 25.8 Å². The van der Waals surface area contributed by atoms with E-state index in [1.165, 1.54) is 25.7 Å². The fourth-order valence-corrected chi connectivity index (χ4v) is 2.95. The van der Waals surface area contributed by atoms with Gasteiger partial charge in [-0.05, 0) is 56.3 Å². The molecule has 0 aliphatic heterocycles. The topological polar surface area (TPSA) is 49.5 Å². The summed E-state index contributed by atoms with van der Waals surface area (Å²) in [7, 11) is 2.14. The van der Waals surface area contributed by atoms with Crippen LogP contribution in [0.1, 0.15) is 45.1 Å². The summed E-state index contributed by atoms with van der Waals surface area (Å²) < 4.78 is 0. The van der Waals surface area contributed by atoms with E-state index in [-0.39, 0.29) is 0 Å².